The lowest BCUT2D eigenvalue weighted by atomic mass is 10.1. The Bertz CT molecular complexity index is 853. The maximum absolute atomic E-state index is 12.1. The van der Waals surface area contributed by atoms with Crippen molar-refractivity contribution >= 4 is 34.6 Å². The summed E-state index contributed by atoms with van der Waals surface area (Å²) in [5.74, 6) is 0.646. The first kappa shape index (κ1) is 17.0. The highest BCUT2D eigenvalue weighted by Gasteiger charge is 2.23. The van der Waals surface area contributed by atoms with Crippen molar-refractivity contribution in [3.8, 4) is 5.75 Å². The molecule has 25 heavy (non-hydrogen) atoms. The molecule has 0 aromatic heterocycles. The molecule has 1 aliphatic heterocycles. The van der Waals surface area contributed by atoms with Crippen LogP contribution in [0.2, 0.25) is 0 Å². The van der Waals surface area contributed by atoms with Gasteiger partial charge in [0, 0.05) is 0 Å². The Morgan fingerprint density at radius 3 is 2.52 bits per heavy atom. The Morgan fingerprint density at radius 2 is 1.84 bits per heavy atom. The standard InChI is InChI=1S/C20H18N2O2S/c1-14(12-15-6-4-3-5-7-15)13-18-19(23)22-20(25-18)21-16-8-10-17(24-2)11-9-16/h3-13H,1-2H3,(H,21,22,23). The number of allylic oxidation sites excluding steroid dienone is 2. The number of ether oxygens (including phenoxy) is 1. The van der Waals surface area contributed by atoms with Crippen LogP contribution >= 0.6 is 11.8 Å². The van der Waals surface area contributed by atoms with Crippen molar-refractivity contribution in [2.24, 2.45) is 4.99 Å². The van der Waals surface area contributed by atoms with Crippen molar-refractivity contribution in [3.05, 3.63) is 76.7 Å². The van der Waals surface area contributed by atoms with Gasteiger partial charge in [0.25, 0.3) is 5.91 Å². The predicted octanol–water partition coefficient (Wildman–Crippen LogP) is 4.53. The Hall–Kier alpha value is -2.79. The van der Waals surface area contributed by atoms with Crippen LogP contribution in [0.4, 0.5) is 5.69 Å². The van der Waals surface area contributed by atoms with Crippen LogP contribution in [0.3, 0.4) is 0 Å². The third kappa shape index (κ3) is 4.61. The van der Waals surface area contributed by atoms with E-state index in [1.807, 2.05) is 73.7 Å². The molecule has 0 unspecified atom stereocenters. The molecule has 3 rings (SSSR count). The average molecular weight is 350 g/mol. The van der Waals surface area contributed by atoms with E-state index in [1.165, 1.54) is 11.8 Å². The summed E-state index contributed by atoms with van der Waals surface area (Å²) >= 11 is 1.34. The van der Waals surface area contributed by atoms with Crippen LogP contribution < -0.4 is 10.1 Å². The van der Waals surface area contributed by atoms with Gasteiger partial charge in [-0.05, 0) is 60.2 Å². The van der Waals surface area contributed by atoms with E-state index in [1.54, 1.807) is 7.11 Å². The number of carbonyl (C=O) groups excluding carboxylic acids is 1. The highest BCUT2D eigenvalue weighted by atomic mass is 32.2. The maximum Gasteiger partial charge on any atom is 0.264 e. The van der Waals surface area contributed by atoms with E-state index >= 15 is 0 Å². The van der Waals surface area contributed by atoms with E-state index in [0.717, 1.165) is 22.6 Å². The van der Waals surface area contributed by atoms with Gasteiger partial charge in [-0.25, -0.2) is 4.99 Å². The smallest absolute Gasteiger partial charge is 0.264 e. The van der Waals surface area contributed by atoms with Gasteiger partial charge >= 0.3 is 0 Å². The molecule has 2 aromatic rings. The molecule has 2 aromatic carbocycles. The summed E-state index contributed by atoms with van der Waals surface area (Å²) in [7, 11) is 1.62. The number of benzene rings is 2. The summed E-state index contributed by atoms with van der Waals surface area (Å²) in [5.41, 5.74) is 2.88. The van der Waals surface area contributed by atoms with E-state index in [9.17, 15) is 4.79 Å². The summed E-state index contributed by atoms with van der Waals surface area (Å²) in [6, 6.07) is 17.4. The largest absolute Gasteiger partial charge is 0.497 e. The lowest BCUT2D eigenvalue weighted by Gasteiger charge is -1.99. The van der Waals surface area contributed by atoms with Gasteiger partial charge in [-0.3, -0.25) is 4.79 Å². The number of rotatable bonds is 4. The van der Waals surface area contributed by atoms with Crippen molar-refractivity contribution in [2.75, 3.05) is 7.11 Å². The molecular weight excluding hydrogens is 332 g/mol. The normalized spacial score (nSPS) is 17.8. The van der Waals surface area contributed by atoms with E-state index in [-0.39, 0.29) is 5.91 Å². The highest BCUT2D eigenvalue weighted by molar-refractivity contribution is 8.18. The highest BCUT2D eigenvalue weighted by Crippen LogP contribution is 2.28. The molecule has 0 atom stereocenters. The molecule has 0 bridgehead atoms. The van der Waals surface area contributed by atoms with Gasteiger partial charge in [0.05, 0.1) is 17.7 Å². The molecule has 0 spiro atoms. The third-order valence-electron chi connectivity index (χ3n) is 3.51. The number of hydrogen-bond acceptors (Lipinski definition) is 4. The van der Waals surface area contributed by atoms with Gasteiger partial charge in [-0.1, -0.05) is 36.4 Å². The molecular formula is C20H18N2O2S. The molecule has 0 aliphatic carbocycles. The van der Waals surface area contributed by atoms with E-state index in [4.69, 9.17) is 4.74 Å². The molecule has 0 radical (unpaired) electrons. The monoisotopic (exact) mass is 350 g/mol. The number of aliphatic imine (C=N–C) groups is 1. The Labute approximate surface area is 151 Å². The van der Waals surface area contributed by atoms with Gasteiger partial charge in [0.1, 0.15) is 5.75 Å². The second-order valence-corrected chi connectivity index (χ2v) is 6.51. The average Bonchev–Trinajstić information content (AvgIpc) is 2.95. The molecule has 126 valence electrons. The van der Waals surface area contributed by atoms with E-state index in [2.05, 4.69) is 10.3 Å². The summed E-state index contributed by atoms with van der Waals surface area (Å²) in [6.45, 7) is 1.98. The van der Waals surface area contributed by atoms with Crippen molar-refractivity contribution < 1.29 is 9.53 Å². The fraction of sp³-hybridized carbons (Fsp3) is 0.100. The van der Waals surface area contributed by atoms with Crippen LogP contribution in [0, 0.1) is 0 Å². The molecule has 1 saturated heterocycles. The minimum Gasteiger partial charge on any atom is -0.497 e. The third-order valence-corrected chi connectivity index (χ3v) is 4.42. The minimum absolute atomic E-state index is 0.127. The first-order valence-electron chi connectivity index (χ1n) is 7.81. The molecule has 1 aliphatic rings. The number of amidine groups is 1. The van der Waals surface area contributed by atoms with Crippen molar-refractivity contribution in [1.82, 2.24) is 5.32 Å². The second kappa shape index (κ2) is 7.85. The first-order chi connectivity index (χ1) is 12.1. The van der Waals surface area contributed by atoms with Crippen molar-refractivity contribution in [1.29, 1.82) is 0 Å². The quantitative estimate of drug-likeness (QED) is 0.824. The summed E-state index contributed by atoms with van der Waals surface area (Å²) in [5, 5.41) is 3.38. The number of nitrogens with one attached hydrogen (secondary N) is 1. The maximum atomic E-state index is 12.1. The zero-order chi connectivity index (χ0) is 17.6. The van der Waals surface area contributed by atoms with Crippen LogP contribution in [0.25, 0.3) is 6.08 Å². The Morgan fingerprint density at radius 1 is 1.12 bits per heavy atom. The summed E-state index contributed by atoms with van der Waals surface area (Å²) in [6.07, 6.45) is 3.92. The molecule has 1 heterocycles. The van der Waals surface area contributed by atoms with Crippen LogP contribution in [0.15, 0.2) is 76.1 Å². The van der Waals surface area contributed by atoms with E-state index < -0.39 is 0 Å². The van der Waals surface area contributed by atoms with Crippen LogP contribution in [-0.2, 0) is 4.79 Å². The SMILES string of the molecule is COc1ccc(N=C2NC(=O)C(=CC(C)=Cc3ccccc3)S2)cc1. The number of methoxy groups -OCH3 is 1. The number of carbonyl (C=O) groups is 1. The zero-order valence-corrected chi connectivity index (χ0v) is 14.8. The molecule has 1 N–H and O–H groups in total. The molecule has 0 saturated carbocycles. The number of thioether (sulfide) groups is 1. The van der Waals surface area contributed by atoms with Gasteiger partial charge in [0.2, 0.25) is 0 Å². The summed E-state index contributed by atoms with van der Waals surface area (Å²) in [4.78, 5) is 17.2. The van der Waals surface area contributed by atoms with Crippen LogP contribution in [0.1, 0.15) is 12.5 Å². The van der Waals surface area contributed by atoms with Gasteiger partial charge in [-0.2, -0.15) is 0 Å². The predicted molar refractivity (Wildman–Crippen MR) is 104 cm³/mol. The number of amides is 1. The van der Waals surface area contributed by atoms with Gasteiger partial charge < -0.3 is 10.1 Å². The van der Waals surface area contributed by atoms with Crippen molar-refractivity contribution in [3.63, 3.8) is 0 Å². The van der Waals surface area contributed by atoms with E-state index in [0.29, 0.717) is 10.1 Å². The Kier molecular flexibility index (Phi) is 5.36. The molecule has 1 fully saturated rings. The van der Waals surface area contributed by atoms with Crippen LogP contribution in [-0.4, -0.2) is 18.2 Å². The number of nitrogens with zero attached hydrogens (tertiary/aromatic N) is 1. The lowest BCUT2D eigenvalue weighted by molar-refractivity contribution is -0.115. The molecule has 4 nitrogen and oxygen atoms in total. The lowest BCUT2D eigenvalue weighted by Crippen LogP contribution is -2.19. The first-order valence-corrected chi connectivity index (χ1v) is 8.63. The van der Waals surface area contributed by atoms with Crippen molar-refractivity contribution in [2.45, 2.75) is 6.92 Å². The minimum atomic E-state index is -0.127. The Balaban J connectivity index is 1.75. The van der Waals surface area contributed by atoms with Gasteiger partial charge in [0.15, 0.2) is 5.17 Å². The zero-order valence-electron chi connectivity index (χ0n) is 14.0. The fourth-order valence-electron chi connectivity index (χ4n) is 2.32. The molecule has 1 amide bonds. The topological polar surface area (TPSA) is 50.7 Å². The number of hydrogen-bond donors (Lipinski definition) is 1. The van der Waals surface area contributed by atoms with Gasteiger partial charge in [-0.15, -0.1) is 0 Å². The summed E-state index contributed by atoms with van der Waals surface area (Å²) < 4.78 is 5.13. The molecule has 5 heteroatoms. The fourth-order valence-corrected chi connectivity index (χ4v) is 3.21. The second-order valence-electron chi connectivity index (χ2n) is 5.48. The van der Waals surface area contributed by atoms with Crippen LogP contribution in [0.5, 0.6) is 5.75 Å².